The number of H-pyrrole nitrogens is 1. The van der Waals surface area contributed by atoms with Crippen LogP contribution in [0.5, 0.6) is 0 Å². The lowest BCUT2D eigenvalue weighted by Gasteiger charge is -2.49. The van der Waals surface area contributed by atoms with Gasteiger partial charge in [0.2, 0.25) is 5.91 Å². The summed E-state index contributed by atoms with van der Waals surface area (Å²) >= 11 is 3.70. The SMILES string of the molecule is CC(=O)N1CCC2(CC1)c1cc(C)ccc1N(CCc1nn[nH]n1)c1ccc(Br)cc12. The minimum absolute atomic E-state index is 0.102. The molecule has 0 atom stereocenters. The van der Waals surface area contributed by atoms with E-state index in [0.29, 0.717) is 12.2 Å². The van der Waals surface area contributed by atoms with Crippen LogP contribution in [-0.4, -0.2) is 51.1 Å². The van der Waals surface area contributed by atoms with Crippen molar-refractivity contribution in [2.24, 2.45) is 0 Å². The summed E-state index contributed by atoms with van der Waals surface area (Å²) in [6.45, 7) is 6.13. The first-order valence-corrected chi connectivity index (χ1v) is 11.4. The van der Waals surface area contributed by atoms with Gasteiger partial charge in [0.15, 0.2) is 5.82 Å². The number of amides is 1. The predicted octanol–water partition coefficient (Wildman–Crippen LogP) is 3.89. The lowest BCUT2D eigenvalue weighted by Crippen LogP contribution is -2.47. The molecule has 2 aromatic carbocycles. The van der Waals surface area contributed by atoms with Crippen LogP contribution in [0.1, 0.15) is 42.3 Å². The van der Waals surface area contributed by atoms with E-state index >= 15 is 0 Å². The van der Waals surface area contributed by atoms with Crippen LogP contribution >= 0.6 is 15.9 Å². The third-order valence-corrected chi connectivity index (χ3v) is 7.23. The molecular weight excluding hydrogens is 456 g/mol. The molecule has 0 radical (unpaired) electrons. The second kappa shape index (κ2) is 7.75. The van der Waals surface area contributed by atoms with E-state index in [1.165, 1.54) is 28.1 Å². The number of halogens is 1. The first-order chi connectivity index (χ1) is 15.0. The number of aromatic nitrogens is 4. The number of carbonyl (C=O) groups excluding carboxylic acids is 1. The molecule has 8 heteroatoms. The monoisotopic (exact) mass is 480 g/mol. The molecule has 1 N–H and O–H groups in total. The first kappa shape index (κ1) is 20.2. The molecule has 3 heterocycles. The Morgan fingerprint density at radius 2 is 1.84 bits per heavy atom. The molecule has 160 valence electrons. The number of fused-ring (bicyclic) bond motifs is 4. The van der Waals surface area contributed by atoms with Crippen LogP contribution in [0.25, 0.3) is 0 Å². The van der Waals surface area contributed by atoms with Crippen molar-refractivity contribution >= 4 is 33.2 Å². The van der Waals surface area contributed by atoms with Crippen LogP contribution in [0.3, 0.4) is 0 Å². The van der Waals surface area contributed by atoms with Gasteiger partial charge in [0.25, 0.3) is 0 Å². The van der Waals surface area contributed by atoms with Gasteiger partial charge in [-0.25, -0.2) is 0 Å². The summed E-state index contributed by atoms with van der Waals surface area (Å²) < 4.78 is 1.08. The molecule has 0 unspecified atom stereocenters. The van der Waals surface area contributed by atoms with E-state index in [9.17, 15) is 4.79 Å². The maximum Gasteiger partial charge on any atom is 0.219 e. The smallest absolute Gasteiger partial charge is 0.219 e. The van der Waals surface area contributed by atoms with Gasteiger partial charge in [0, 0.05) is 54.2 Å². The highest BCUT2D eigenvalue weighted by atomic mass is 79.9. The van der Waals surface area contributed by atoms with E-state index in [0.717, 1.165) is 36.9 Å². The molecule has 31 heavy (non-hydrogen) atoms. The third kappa shape index (κ3) is 3.43. The Bertz CT molecular complexity index is 1070. The average Bonchev–Trinajstić information content (AvgIpc) is 3.28. The van der Waals surface area contributed by atoms with E-state index in [2.05, 4.69) is 84.8 Å². The minimum Gasteiger partial charge on any atom is -0.343 e. The topological polar surface area (TPSA) is 78.0 Å². The van der Waals surface area contributed by atoms with Crippen molar-refractivity contribution in [1.29, 1.82) is 0 Å². The van der Waals surface area contributed by atoms with E-state index < -0.39 is 0 Å². The van der Waals surface area contributed by atoms with Gasteiger partial charge in [-0.3, -0.25) is 4.79 Å². The lowest BCUT2D eigenvalue weighted by molar-refractivity contribution is -0.130. The Balaban J connectivity index is 1.63. The van der Waals surface area contributed by atoms with E-state index in [1.807, 2.05) is 4.90 Å². The highest BCUT2D eigenvalue weighted by Gasteiger charge is 2.45. The second-order valence-corrected chi connectivity index (χ2v) is 9.42. The Morgan fingerprint density at radius 1 is 1.13 bits per heavy atom. The van der Waals surface area contributed by atoms with Gasteiger partial charge in [0.1, 0.15) is 0 Å². The molecule has 1 spiro atoms. The van der Waals surface area contributed by atoms with Crippen molar-refractivity contribution in [2.45, 2.75) is 38.5 Å². The minimum atomic E-state index is -0.102. The molecule has 1 fully saturated rings. The van der Waals surface area contributed by atoms with E-state index in [1.54, 1.807) is 6.92 Å². The number of piperidine rings is 1. The molecule has 3 aromatic rings. The van der Waals surface area contributed by atoms with Crippen molar-refractivity contribution in [1.82, 2.24) is 25.5 Å². The van der Waals surface area contributed by atoms with Gasteiger partial charge in [-0.2, -0.15) is 5.21 Å². The number of carbonyl (C=O) groups is 1. The molecule has 1 saturated heterocycles. The zero-order valence-corrected chi connectivity index (χ0v) is 19.3. The largest absolute Gasteiger partial charge is 0.343 e. The zero-order chi connectivity index (χ0) is 21.6. The highest BCUT2D eigenvalue weighted by molar-refractivity contribution is 9.10. The van der Waals surface area contributed by atoms with Crippen molar-refractivity contribution in [3.8, 4) is 0 Å². The van der Waals surface area contributed by atoms with Crippen LogP contribution in [0, 0.1) is 6.92 Å². The van der Waals surface area contributed by atoms with Crippen LogP contribution < -0.4 is 4.90 Å². The number of nitrogens with zero attached hydrogens (tertiary/aromatic N) is 5. The molecule has 2 aliphatic heterocycles. The summed E-state index contributed by atoms with van der Waals surface area (Å²) in [6, 6.07) is 13.3. The molecular formula is C23H25BrN6O. The Labute approximate surface area is 190 Å². The summed E-state index contributed by atoms with van der Waals surface area (Å²) in [7, 11) is 0. The molecule has 5 rings (SSSR count). The van der Waals surface area contributed by atoms with E-state index in [-0.39, 0.29) is 11.3 Å². The number of likely N-dealkylation sites (tertiary alicyclic amines) is 1. The summed E-state index contributed by atoms with van der Waals surface area (Å²) in [5.74, 6) is 0.869. The summed E-state index contributed by atoms with van der Waals surface area (Å²) in [5.41, 5.74) is 6.30. The maximum atomic E-state index is 12.0. The fourth-order valence-corrected chi connectivity index (χ4v) is 5.51. The summed E-state index contributed by atoms with van der Waals surface area (Å²) in [5, 5.41) is 14.5. The number of tetrazole rings is 1. The van der Waals surface area contributed by atoms with Crippen LogP contribution in [0.2, 0.25) is 0 Å². The Morgan fingerprint density at radius 3 is 2.52 bits per heavy atom. The van der Waals surface area contributed by atoms with Gasteiger partial charge in [-0.05, 0) is 55.2 Å². The van der Waals surface area contributed by atoms with Crippen LogP contribution in [-0.2, 0) is 16.6 Å². The fourth-order valence-electron chi connectivity index (χ4n) is 5.15. The zero-order valence-electron chi connectivity index (χ0n) is 17.7. The van der Waals surface area contributed by atoms with Crippen molar-refractivity contribution in [2.75, 3.05) is 24.5 Å². The number of aryl methyl sites for hydroxylation is 1. The van der Waals surface area contributed by atoms with Crippen molar-refractivity contribution in [3.63, 3.8) is 0 Å². The van der Waals surface area contributed by atoms with Gasteiger partial charge in [0.05, 0.1) is 0 Å². The van der Waals surface area contributed by atoms with Crippen molar-refractivity contribution in [3.05, 3.63) is 63.4 Å². The van der Waals surface area contributed by atoms with Gasteiger partial charge < -0.3 is 9.80 Å². The number of hydrogen-bond acceptors (Lipinski definition) is 5. The molecule has 2 aliphatic rings. The Hall–Kier alpha value is -2.74. The molecule has 0 bridgehead atoms. The number of aromatic amines is 1. The van der Waals surface area contributed by atoms with Gasteiger partial charge in [-0.1, -0.05) is 38.8 Å². The van der Waals surface area contributed by atoms with Gasteiger partial charge in [-0.15, -0.1) is 10.2 Å². The molecule has 0 saturated carbocycles. The molecule has 7 nitrogen and oxygen atoms in total. The highest BCUT2D eigenvalue weighted by Crippen LogP contribution is 2.54. The first-order valence-electron chi connectivity index (χ1n) is 10.6. The van der Waals surface area contributed by atoms with Crippen LogP contribution in [0.15, 0.2) is 40.9 Å². The maximum absolute atomic E-state index is 12.0. The average molecular weight is 481 g/mol. The number of rotatable bonds is 3. The normalized spacial score (nSPS) is 16.9. The number of nitrogens with one attached hydrogen (secondary N) is 1. The summed E-state index contributed by atoms with van der Waals surface area (Å²) in [4.78, 5) is 16.4. The lowest BCUT2D eigenvalue weighted by atomic mass is 9.64. The second-order valence-electron chi connectivity index (χ2n) is 8.50. The molecule has 1 amide bonds. The molecule has 0 aliphatic carbocycles. The Kier molecular flexibility index (Phi) is 5.04. The third-order valence-electron chi connectivity index (χ3n) is 6.73. The number of anilines is 2. The quantitative estimate of drug-likeness (QED) is 0.614. The number of hydrogen-bond donors (Lipinski definition) is 1. The van der Waals surface area contributed by atoms with Crippen LogP contribution in [0.4, 0.5) is 11.4 Å². The molecule has 1 aromatic heterocycles. The number of benzene rings is 2. The van der Waals surface area contributed by atoms with Gasteiger partial charge >= 0.3 is 0 Å². The fraction of sp³-hybridized carbons (Fsp3) is 0.391. The van der Waals surface area contributed by atoms with Crippen molar-refractivity contribution < 1.29 is 4.79 Å². The predicted molar refractivity (Wildman–Crippen MR) is 122 cm³/mol. The van der Waals surface area contributed by atoms with E-state index in [4.69, 9.17) is 0 Å². The standard InChI is InChI=1S/C23H25BrN6O/c1-15-3-5-20-18(13-15)23(8-11-29(12-9-23)16(2)31)19-14-17(24)4-6-21(19)30(20)10-7-22-25-27-28-26-22/h3-6,13-14H,7-12H2,1-2H3,(H,25,26,27,28). The summed E-state index contributed by atoms with van der Waals surface area (Å²) in [6.07, 6.45) is 2.54.